The molecule has 0 aromatic heterocycles. The molecular weight excluding hydrogens is 501 g/mol. The molecule has 6 nitrogen and oxygen atoms in total. The summed E-state index contributed by atoms with van der Waals surface area (Å²) in [6.45, 7) is 5.12. The van der Waals surface area contributed by atoms with E-state index in [1.54, 1.807) is 30.3 Å². The summed E-state index contributed by atoms with van der Waals surface area (Å²) in [5, 5.41) is 9.41. The van der Waals surface area contributed by atoms with Crippen LogP contribution in [0.15, 0.2) is 52.3 Å². The van der Waals surface area contributed by atoms with Gasteiger partial charge in [-0.05, 0) is 73.3 Å². The molecule has 3 atom stereocenters. The number of nitrogens with zero attached hydrogens (tertiary/aromatic N) is 2. The number of fused-ring (bicyclic) bond motifs is 1. The van der Waals surface area contributed by atoms with Gasteiger partial charge in [0.15, 0.2) is 0 Å². The van der Waals surface area contributed by atoms with Crippen LogP contribution in [0.5, 0.6) is 0 Å². The van der Waals surface area contributed by atoms with Crippen LogP contribution < -0.4 is 0 Å². The SMILES string of the molecule is C[C@@H]1CN(Cc2ccc(SC(F)(F)F)cc2)C[C@H](C)N1S(=O)(=O)c1cccc2c1CC(C(=O)O)C2. The number of thioether (sulfide) groups is 1. The smallest absolute Gasteiger partial charge is 0.446 e. The van der Waals surface area contributed by atoms with E-state index in [9.17, 15) is 31.5 Å². The summed E-state index contributed by atoms with van der Waals surface area (Å²) >= 11 is -0.152. The summed E-state index contributed by atoms with van der Waals surface area (Å²) in [6, 6.07) is 10.6. The molecule has 1 aliphatic carbocycles. The lowest BCUT2D eigenvalue weighted by atomic mass is 10.1. The number of carboxylic acids is 1. The van der Waals surface area contributed by atoms with Gasteiger partial charge in [-0.3, -0.25) is 9.69 Å². The number of carbonyl (C=O) groups is 1. The summed E-state index contributed by atoms with van der Waals surface area (Å²) in [6.07, 6.45) is 0.526. The molecule has 4 rings (SSSR count). The van der Waals surface area contributed by atoms with Gasteiger partial charge in [0.05, 0.1) is 10.8 Å². The van der Waals surface area contributed by atoms with Gasteiger partial charge in [-0.25, -0.2) is 8.42 Å². The second-order valence-corrected chi connectivity index (χ2v) is 12.2. The second kappa shape index (κ2) is 9.76. The number of piperazine rings is 1. The average molecular weight is 529 g/mol. The highest BCUT2D eigenvalue weighted by molar-refractivity contribution is 8.00. The Morgan fingerprint density at radius 2 is 1.69 bits per heavy atom. The first-order chi connectivity index (χ1) is 16.3. The number of rotatable bonds is 6. The van der Waals surface area contributed by atoms with Crippen molar-refractivity contribution in [1.29, 1.82) is 0 Å². The molecule has 35 heavy (non-hydrogen) atoms. The lowest BCUT2D eigenvalue weighted by Gasteiger charge is -2.43. The van der Waals surface area contributed by atoms with E-state index in [0.717, 1.165) is 11.1 Å². The summed E-state index contributed by atoms with van der Waals surface area (Å²) in [4.78, 5) is 13.9. The fourth-order valence-corrected chi connectivity index (χ4v) is 7.85. The van der Waals surface area contributed by atoms with Gasteiger partial charge < -0.3 is 5.11 Å². The van der Waals surface area contributed by atoms with Crippen molar-refractivity contribution >= 4 is 27.8 Å². The quantitative estimate of drug-likeness (QED) is 0.561. The zero-order valence-corrected chi connectivity index (χ0v) is 21.0. The molecule has 0 radical (unpaired) electrons. The number of aliphatic carboxylic acids is 1. The standard InChI is InChI=1S/C24H27F3N2O4S2/c1-15-12-28(14-17-6-8-20(9-7-17)34-24(25,26)27)13-16(2)29(15)35(32,33)22-5-3-4-18-10-19(23(30)31)11-21(18)22/h3-9,15-16,19H,10-14H2,1-2H3,(H,30,31)/t15-,16+,19?. The fourth-order valence-electron chi connectivity index (χ4n) is 5.22. The third kappa shape index (κ3) is 5.68. The third-order valence-electron chi connectivity index (χ3n) is 6.53. The lowest BCUT2D eigenvalue weighted by molar-refractivity contribution is -0.141. The van der Waals surface area contributed by atoms with Crippen LogP contribution in [-0.2, 0) is 34.2 Å². The summed E-state index contributed by atoms with van der Waals surface area (Å²) < 4.78 is 66.6. The Morgan fingerprint density at radius 3 is 2.26 bits per heavy atom. The number of sulfonamides is 1. The highest BCUT2D eigenvalue weighted by Crippen LogP contribution is 2.37. The van der Waals surface area contributed by atoms with E-state index in [1.165, 1.54) is 16.4 Å². The van der Waals surface area contributed by atoms with Gasteiger partial charge in [0, 0.05) is 36.6 Å². The maximum absolute atomic E-state index is 13.7. The van der Waals surface area contributed by atoms with Crippen molar-refractivity contribution in [3.05, 3.63) is 59.2 Å². The first kappa shape index (κ1) is 26.0. The van der Waals surface area contributed by atoms with E-state index in [4.69, 9.17) is 0 Å². The van der Waals surface area contributed by atoms with Crippen molar-refractivity contribution in [3.63, 3.8) is 0 Å². The zero-order chi connectivity index (χ0) is 25.5. The molecule has 1 saturated heterocycles. The molecule has 11 heteroatoms. The zero-order valence-electron chi connectivity index (χ0n) is 19.3. The van der Waals surface area contributed by atoms with Crippen molar-refractivity contribution in [2.45, 2.75) is 60.6 Å². The van der Waals surface area contributed by atoms with Gasteiger partial charge in [-0.1, -0.05) is 24.3 Å². The van der Waals surface area contributed by atoms with Crippen LogP contribution in [0.4, 0.5) is 13.2 Å². The minimum Gasteiger partial charge on any atom is -0.481 e. The molecule has 2 aromatic carbocycles. The Bertz CT molecular complexity index is 1190. The Balaban J connectivity index is 1.48. The van der Waals surface area contributed by atoms with Crippen molar-refractivity contribution in [2.24, 2.45) is 5.92 Å². The van der Waals surface area contributed by atoms with Gasteiger partial charge in [-0.15, -0.1) is 0 Å². The van der Waals surface area contributed by atoms with Crippen LogP contribution in [0.2, 0.25) is 0 Å². The molecule has 1 heterocycles. The monoisotopic (exact) mass is 528 g/mol. The van der Waals surface area contributed by atoms with Crippen molar-refractivity contribution < 1.29 is 31.5 Å². The van der Waals surface area contributed by atoms with Crippen LogP contribution in [0, 0.1) is 5.92 Å². The predicted molar refractivity (Wildman–Crippen MR) is 127 cm³/mol. The van der Waals surface area contributed by atoms with E-state index >= 15 is 0 Å². The van der Waals surface area contributed by atoms with Gasteiger partial charge in [-0.2, -0.15) is 17.5 Å². The highest BCUT2D eigenvalue weighted by atomic mass is 32.2. The molecule has 0 bridgehead atoms. The Labute approximate surface area is 207 Å². The lowest BCUT2D eigenvalue weighted by Crippen LogP contribution is -2.58. The Hall–Kier alpha value is -2.08. The normalized spacial score (nSPS) is 23.9. The number of benzene rings is 2. The fraction of sp³-hybridized carbons (Fsp3) is 0.458. The van der Waals surface area contributed by atoms with E-state index in [2.05, 4.69) is 4.90 Å². The number of hydrogen-bond acceptors (Lipinski definition) is 5. The largest absolute Gasteiger partial charge is 0.481 e. The summed E-state index contributed by atoms with van der Waals surface area (Å²) in [5.74, 6) is -1.54. The second-order valence-electron chi connectivity index (χ2n) is 9.26. The first-order valence-electron chi connectivity index (χ1n) is 11.3. The van der Waals surface area contributed by atoms with Gasteiger partial charge in [0.2, 0.25) is 10.0 Å². The van der Waals surface area contributed by atoms with Crippen LogP contribution in [0.25, 0.3) is 0 Å². The average Bonchev–Trinajstić information content (AvgIpc) is 3.18. The van der Waals surface area contributed by atoms with E-state index in [0.29, 0.717) is 31.6 Å². The minimum absolute atomic E-state index is 0.124. The van der Waals surface area contributed by atoms with Crippen molar-refractivity contribution in [3.8, 4) is 0 Å². The molecule has 0 spiro atoms. The molecular formula is C24H27F3N2O4S2. The van der Waals surface area contributed by atoms with E-state index in [-0.39, 0.29) is 40.1 Å². The van der Waals surface area contributed by atoms with E-state index in [1.807, 2.05) is 13.8 Å². The molecule has 1 N–H and O–H groups in total. The maximum Gasteiger partial charge on any atom is 0.446 e. The molecule has 1 unspecified atom stereocenters. The molecule has 190 valence electrons. The van der Waals surface area contributed by atoms with Crippen molar-refractivity contribution in [2.75, 3.05) is 13.1 Å². The minimum atomic E-state index is -4.33. The van der Waals surface area contributed by atoms with Crippen molar-refractivity contribution in [1.82, 2.24) is 9.21 Å². The van der Waals surface area contributed by atoms with Gasteiger partial charge >= 0.3 is 11.5 Å². The number of halogens is 3. The molecule has 1 fully saturated rings. The summed E-state index contributed by atoms with van der Waals surface area (Å²) in [7, 11) is -3.85. The molecule has 2 aromatic rings. The number of hydrogen-bond donors (Lipinski definition) is 1. The molecule has 1 aliphatic heterocycles. The summed E-state index contributed by atoms with van der Waals surface area (Å²) in [5.41, 5.74) is -2.11. The molecule has 2 aliphatic rings. The van der Waals surface area contributed by atoms with E-state index < -0.39 is 27.4 Å². The topological polar surface area (TPSA) is 77.9 Å². The van der Waals surface area contributed by atoms with Crippen LogP contribution >= 0.6 is 11.8 Å². The maximum atomic E-state index is 13.7. The number of alkyl halides is 3. The Kier molecular flexibility index (Phi) is 7.25. The molecule has 0 amide bonds. The van der Waals surface area contributed by atoms with Crippen LogP contribution in [0.3, 0.4) is 0 Å². The predicted octanol–water partition coefficient (Wildman–Crippen LogP) is 4.38. The molecule has 0 saturated carbocycles. The Morgan fingerprint density at radius 1 is 1.06 bits per heavy atom. The van der Waals surface area contributed by atoms with Crippen LogP contribution in [0.1, 0.15) is 30.5 Å². The van der Waals surface area contributed by atoms with Gasteiger partial charge in [0.1, 0.15) is 0 Å². The van der Waals surface area contributed by atoms with Gasteiger partial charge in [0.25, 0.3) is 0 Å². The third-order valence-corrected chi connectivity index (χ3v) is 9.48. The first-order valence-corrected chi connectivity index (χ1v) is 13.5. The highest BCUT2D eigenvalue weighted by Gasteiger charge is 2.41. The van der Waals surface area contributed by atoms with Crippen LogP contribution in [-0.4, -0.2) is 59.4 Å². The number of carboxylic acid groups (broad SMARTS) is 1.